The molecule has 0 radical (unpaired) electrons. The first-order valence-electron chi connectivity index (χ1n) is 6.01. The third kappa shape index (κ3) is 4.09. The molecular formula is C15H22O. The van der Waals surface area contributed by atoms with E-state index in [1.165, 1.54) is 5.56 Å². The van der Waals surface area contributed by atoms with E-state index in [4.69, 9.17) is 4.74 Å². The maximum atomic E-state index is 5.62. The van der Waals surface area contributed by atoms with Crippen molar-refractivity contribution >= 4 is 0 Å². The number of hydrogen-bond donors (Lipinski definition) is 0. The molecule has 0 spiro atoms. The summed E-state index contributed by atoms with van der Waals surface area (Å²) in [4.78, 5) is 0. The van der Waals surface area contributed by atoms with E-state index >= 15 is 0 Å². The molecule has 0 bridgehead atoms. The average molecular weight is 218 g/mol. The monoisotopic (exact) mass is 218 g/mol. The van der Waals surface area contributed by atoms with Crippen LogP contribution in [0.1, 0.15) is 45.6 Å². The van der Waals surface area contributed by atoms with Gasteiger partial charge in [-0.25, -0.2) is 0 Å². The Bertz CT molecular complexity index is 322. The summed E-state index contributed by atoms with van der Waals surface area (Å²) >= 11 is 0. The lowest BCUT2D eigenvalue weighted by molar-refractivity contribution is 0.242. The van der Waals surface area contributed by atoms with Gasteiger partial charge in [0.2, 0.25) is 0 Å². The highest BCUT2D eigenvalue weighted by Gasteiger charge is 2.04. The van der Waals surface area contributed by atoms with Crippen LogP contribution < -0.4 is 4.74 Å². The van der Waals surface area contributed by atoms with Crippen LogP contribution in [0.2, 0.25) is 0 Å². The molecule has 0 saturated heterocycles. The van der Waals surface area contributed by atoms with Crippen LogP contribution in [0.15, 0.2) is 36.4 Å². The lowest BCUT2D eigenvalue weighted by Crippen LogP contribution is -2.05. The summed E-state index contributed by atoms with van der Waals surface area (Å²) in [5.41, 5.74) is 1.37. The van der Waals surface area contributed by atoms with E-state index < -0.39 is 0 Å². The van der Waals surface area contributed by atoms with Gasteiger partial charge in [-0.2, -0.15) is 0 Å². The topological polar surface area (TPSA) is 9.23 Å². The van der Waals surface area contributed by atoms with Gasteiger partial charge in [-0.15, -0.1) is 0 Å². The van der Waals surface area contributed by atoms with Crippen molar-refractivity contribution in [2.75, 3.05) is 0 Å². The molecule has 1 atom stereocenters. The fourth-order valence-electron chi connectivity index (χ4n) is 1.62. The maximum Gasteiger partial charge on any atom is 0.119 e. The molecule has 0 saturated carbocycles. The van der Waals surface area contributed by atoms with Crippen molar-refractivity contribution in [2.45, 2.75) is 46.1 Å². The normalized spacial score (nSPS) is 13.3. The lowest BCUT2D eigenvalue weighted by Gasteiger charge is -2.12. The van der Waals surface area contributed by atoms with E-state index in [2.05, 4.69) is 50.3 Å². The Kier molecular flexibility index (Phi) is 5.10. The second-order valence-electron chi connectivity index (χ2n) is 4.44. The van der Waals surface area contributed by atoms with E-state index in [1.54, 1.807) is 0 Å². The smallest absolute Gasteiger partial charge is 0.119 e. The van der Waals surface area contributed by atoms with E-state index in [-0.39, 0.29) is 6.10 Å². The van der Waals surface area contributed by atoms with Crippen LogP contribution in [0.5, 0.6) is 5.75 Å². The van der Waals surface area contributed by atoms with Crippen molar-refractivity contribution in [3.8, 4) is 5.75 Å². The van der Waals surface area contributed by atoms with Crippen LogP contribution in [0.3, 0.4) is 0 Å². The van der Waals surface area contributed by atoms with E-state index in [9.17, 15) is 0 Å². The first-order chi connectivity index (χ1) is 7.63. The molecule has 1 rings (SSSR count). The Morgan fingerprint density at radius 2 is 1.75 bits per heavy atom. The Morgan fingerprint density at radius 3 is 2.25 bits per heavy atom. The molecule has 0 aromatic heterocycles. The Balaban J connectivity index is 2.63. The predicted octanol–water partition coefficient (Wildman–Crippen LogP) is 4.54. The second kappa shape index (κ2) is 6.37. The summed E-state index contributed by atoms with van der Waals surface area (Å²) in [5.74, 6) is 1.53. The molecule has 16 heavy (non-hydrogen) atoms. The Morgan fingerprint density at radius 1 is 1.12 bits per heavy atom. The van der Waals surface area contributed by atoms with Gasteiger partial charge in [0.1, 0.15) is 5.75 Å². The summed E-state index contributed by atoms with van der Waals surface area (Å²) in [6.45, 7) is 8.40. The van der Waals surface area contributed by atoms with Gasteiger partial charge in [0, 0.05) is 0 Å². The van der Waals surface area contributed by atoms with Gasteiger partial charge in [0.15, 0.2) is 0 Å². The number of rotatable bonds is 5. The number of hydrogen-bond acceptors (Lipinski definition) is 1. The zero-order valence-corrected chi connectivity index (χ0v) is 10.7. The van der Waals surface area contributed by atoms with Crippen LogP contribution in [0, 0.1) is 0 Å². The molecule has 1 aromatic carbocycles. The van der Waals surface area contributed by atoms with E-state index in [1.807, 2.05) is 13.8 Å². The van der Waals surface area contributed by atoms with Crippen molar-refractivity contribution in [1.29, 1.82) is 0 Å². The van der Waals surface area contributed by atoms with Crippen LogP contribution in [0.25, 0.3) is 0 Å². The largest absolute Gasteiger partial charge is 0.491 e. The molecule has 1 heteroatoms. The fourth-order valence-corrected chi connectivity index (χ4v) is 1.62. The highest BCUT2D eigenvalue weighted by molar-refractivity contribution is 5.29. The summed E-state index contributed by atoms with van der Waals surface area (Å²) < 4.78 is 5.62. The highest BCUT2D eigenvalue weighted by atomic mass is 16.5. The number of ether oxygens (including phenoxy) is 1. The molecule has 0 N–H and O–H groups in total. The van der Waals surface area contributed by atoms with Gasteiger partial charge in [0.05, 0.1) is 6.10 Å². The van der Waals surface area contributed by atoms with Crippen LogP contribution in [-0.4, -0.2) is 6.10 Å². The van der Waals surface area contributed by atoms with E-state index in [0.717, 1.165) is 12.2 Å². The molecule has 1 nitrogen and oxygen atoms in total. The summed E-state index contributed by atoms with van der Waals surface area (Å²) in [6, 6.07) is 8.43. The second-order valence-corrected chi connectivity index (χ2v) is 4.44. The van der Waals surface area contributed by atoms with Crippen molar-refractivity contribution < 1.29 is 4.74 Å². The van der Waals surface area contributed by atoms with Gasteiger partial charge < -0.3 is 4.74 Å². The van der Waals surface area contributed by atoms with Crippen molar-refractivity contribution in [3.05, 3.63) is 42.0 Å². The SMILES string of the molecule is C/C=C\CC(C)c1ccc(OC(C)C)cc1. The minimum absolute atomic E-state index is 0.242. The molecule has 1 unspecified atom stereocenters. The minimum atomic E-state index is 0.242. The zero-order chi connectivity index (χ0) is 12.0. The molecule has 0 aliphatic carbocycles. The van der Waals surface area contributed by atoms with Crippen molar-refractivity contribution in [2.24, 2.45) is 0 Å². The van der Waals surface area contributed by atoms with Gasteiger partial charge in [-0.1, -0.05) is 31.2 Å². The first-order valence-corrected chi connectivity index (χ1v) is 6.01. The minimum Gasteiger partial charge on any atom is -0.491 e. The lowest BCUT2D eigenvalue weighted by atomic mass is 9.98. The molecule has 1 aromatic rings. The first kappa shape index (κ1) is 12.8. The number of allylic oxidation sites excluding steroid dienone is 2. The van der Waals surface area contributed by atoms with Gasteiger partial charge in [0.25, 0.3) is 0 Å². The standard InChI is InChI=1S/C15H22O/c1-5-6-7-13(4)14-8-10-15(11-9-14)16-12(2)3/h5-6,8-13H,7H2,1-4H3/b6-5-. The Labute approximate surface area is 99.1 Å². The van der Waals surface area contributed by atoms with Crippen LogP contribution >= 0.6 is 0 Å². The van der Waals surface area contributed by atoms with E-state index in [0.29, 0.717) is 5.92 Å². The van der Waals surface area contributed by atoms with Gasteiger partial charge >= 0.3 is 0 Å². The molecule has 0 heterocycles. The van der Waals surface area contributed by atoms with Gasteiger partial charge in [-0.05, 0) is 50.8 Å². The summed E-state index contributed by atoms with van der Waals surface area (Å²) in [7, 11) is 0. The molecule has 0 fully saturated rings. The summed E-state index contributed by atoms with van der Waals surface area (Å²) in [5, 5.41) is 0. The van der Waals surface area contributed by atoms with Crippen LogP contribution in [-0.2, 0) is 0 Å². The van der Waals surface area contributed by atoms with Crippen molar-refractivity contribution in [3.63, 3.8) is 0 Å². The fraction of sp³-hybridized carbons (Fsp3) is 0.467. The molecule has 0 aliphatic rings. The maximum absolute atomic E-state index is 5.62. The molecule has 88 valence electrons. The third-order valence-corrected chi connectivity index (χ3v) is 2.55. The average Bonchev–Trinajstić information content (AvgIpc) is 2.26. The highest BCUT2D eigenvalue weighted by Crippen LogP contribution is 2.22. The van der Waals surface area contributed by atoms with Crippen LogP contribution in [0.4, 0.5) is 0 Å². The van der Waals surface area contributed by atoms with Gasteiger partial charge in [-0.3, -0.25) is 0 Å². The number of benzene rings is 1. The predicted molar refractivity (Wildman–Crippen MR) is 70.1 cm³/mol. The van der Waals surface area contributed by atoms with Crippen molar-refractivity contribution in [1.82, 2.24) is 0 Å². The molecule has 0 aliphatic heterocycles. The third-order valence-electron chi connectivity index (χ3n) is 2.55. The zero-order valence-electron chi connectivity index (χ0n) is 10.7. The Hall–Kier alpha value is -1.24. The quantitative estimate of drug-likeness (QED) is 0.659. The molecule has 0 amide bonds. The summed E-state index contributed by atoms with van der Waals surface area (Å²) in [6.07, 6.45) is 5.66. The molecular weight excluding hydrogens is 196 g/mol.